The summed E-state index contributed by atoms with van der Waals surface area (Å²) in [5, 5.41) is 0. The summed E-state index contributed by atoms with van der Waals surface area (Å²) in [4.78, 5) is 3.98. The van der Waals surface area contributed by atoms with Gasteiger partial charge in [0, 0.05) is 25.5 Å². The summed E-state index contributed by atoms with van der Waals surface area (Å²) in [6.45, 7) is 1.09. The molecule has 1 aromatic heterocycles. The molecule has 82 valence electrons. The van der Waals surface area contributed by atoms with Crippen molar-refractivity contribution in [3.8, 4) is 0 Å². The molecule has 0 amide bonds. The Bertz CT molecular complexity index is 416. The summed E-state index contributed by atoms with van der Waals surface area (Å²) in [6.07, 6.45) is 5.14. The molecule has 1 fully saturated rings. The Morgan fingerprint density at radius 3 is 2.93 bits per heavy atom. The third kappa shape index (κ3) is 2.54. The van der Waals surface area contributed by atoms with Crippen LogP contribution < -0.4 is 0 Å². The van der Waals surface area contributed by atoms with Gasteiger partial charge in [-0.3, -0.25) is 4.98 Å². The lowest BCUT2D eigenvalue weighted by molar-refractivity contribution is 0.378. The summed E-state index contributed by atoms with van der Waals surface area (Å²) >= 11 is 0. The molecule has 0 radical (unpaired) electrons. The second-order valence-electron chi connectivity index (χ2n) is 3.72. The molecule has 2 rings (SSSR count). The normalized spacial score (nSPS) is 21.3. The lowest BCUT2D eigenvalue weighted by Gasteiger charge is -2.25. The smallest absolute Gasteiger partial charge is 0.214 e. The molecule has 0 bridgehead atoms. The van der Waals surface area contributed by atoms with Crippen molar-refractivity contribution >= 4 is 10.0 Å². The average molecular weight is 226 g/mol. The lowest BCUT2D eigenvalue weighted by Crippen LogP contribution is -2.37. The Kier molecular flexibility index (Phi) is 3.02. The standard InChI is InChI=1S/C10H14N2O2S/c13-15(14)7-2-1-6-12(15)9-10-4-3-5-11-8-10/h3-5,8H,1-2,6-7,9H2. The molecule has 0 aromatic carbocycles. The third-order valence-corrected chi connectivity index (χ3v) is 4.44. The fraction of sp³-hybridized carbons (Fsp3) is 0.500. The Hall–Kier alpha value is -0.940. The van der Waals surface area contributed by atoms with Gasteiger partial charge in [0.15, 0.2) is 0 Å². The van der Waals surface area contributed by atoms with Crippen LogP contribution in [0.4, 0.5) is 0 Å². The van der Waals surface area contributed by atoms with Crippen molar-refractivity contribution in [2.24, 2.45) is 0 Å². The zero-order chi connectivity index (χ0) is 10.7. The van der Waals surface area contributed by atoms with E-state index in [1.54, 1.807) is 16.7 Å². The number of rotatable bonds is 2. The van der Waals surface area contributed by atoms with Gasteiger partial charge in [-0.05, 0) is 24.5 Å². The van der Waals surface area contributed by atoms with E-state index < -0.39 is 10.0 Å². The maximum Gasteiger partial charge on any atom is 0.214 e. The molecule has 4 nitrogen and oxygen atoms in total. The van der Waals surface area contributed by atoms with Crippen molar-refractivity contribution in [1.29, 1.82) is 0 Å². The Labute approximate surface area is 90.0 Å². The van der Waals surface area contributed by atoms with Crippen LogP contribution >= 0.6 is 0 Å². The summed E-state index contributed by atoms with van der Waals surface area (Å²) in [7, 11) is -3.02. The molecule has 5 heteroatoms. The van der Waals surface area contributed by atoms with E-state index >= 15 is 0 Å². The van der Waals surface area contributed by atoms with Crippen molar-refractivity contribution in [2.45, 2.75) is 19.4 Å². The maximum absolute atomic E-state index is 11.7. The molecule has 1 aromatic rings. The van der Waals surface area contributed by atoms with Gasteiger partial charge >= 0.3 is 0 Å². The van der Waals surface area contributed by atoms with E-state index in [2.05, 4.69) is 4.98 Å². The maximum atomic E-state index is 11.7. The SMILES string of the molecule is O=S1(=O)CCCCN1Cc1cccnc1. The molecule has 1 aliphatic rings. The van der Waals surface area contributed by atoms with Crippen molar-refractivity contribution < 1.29 is 8.42 Å². The van der Waals surface area contributed by atoms with Crippen molar-refractivity contribution in [1.82, 2.24) is 9.29 Å². The van der Waals surface area contributed by atoms with E-state index in [9.17, 15) is 8.42 Å². The first kappa shape index (κ1) is 10.6. The van der Waals surface area contributed by atoms with Crippen LogP contribution in [0.25, 0.3) is 0 Å². The number of aromatic nitrogens is 1. The molecule has 2 heterocycles. The van der Waals surface area contributed by atoms with Crippen LogP contribution in [0.2, 0.25) is 0 Å². The largest absolute Gasteiger partial charge is 0.264 e. The van der Waals surface area contributed by atoms with Crippen LogP contribution in [0, 0.1) is 0 Å². The zero-order valence-electron chi connectivity index (χ0n) is 8.46. The first-order valence-corrected chi connectivity index (χ1v) is 6.66. The van der Waals surface area contributed by atoms with Crippen LogP contribution in [-0.4, -0.2) is 30.0 Å². The number of hydrogen-bond donors (Lipinski definition) is 0. The van der Waals surface area contributed by atoms with Gasteiger partial charge in [-0.1, -0.05) is 6.07 Å². The topological polar surface area (TPSA) is 50.3 Å². The van der Waals surface area contributed by atoms with Gasteiger partial charge in [-0.2, -0.15) is 4.31 Å². The van der Waals surface area contributed by atoms with Gasteiger partial charge in [0.05, 0.1) is 5.75 Å². The Balaban J connectivity index is 2.12. The van der Waals surface area contributed by atoms with Gasteiger partial charge in [-0.25, -0.2) is 8.42 Å². The quantitative estimate of drug-likeness (QED) is 0.756. The lowest BCUT2D eigenvalue weighted by atomic mass is 10.2. The highest BCUT2D eigenvalue weighted by atomic mass is 32.2. The van der Waals surface area contributed by atoms with E-state index in [1.165, 1.54) is 0 Å². The van der Waals surface area contributed by atoms with Gasteiger partial charge in [0.25, 0.3) is 0 Å². The van der Waals surface area contributed by atoms with Crippen molar-refractivity contribution in [3.05, 3.63) is 30.1 Å². The third-order valence-electron chi connectivity index (χ3n) is 2.53. The number of pyridine rings is 1. The highest BCUT2D eigenvalue weighted by Gasteiger charge is 2.25. The van der Waals surface area contributed by atoms with Gasteiger partial charge < -0.3 is 0 Å². The van der Waals surface area contributed by atoms with E-state index in [0.717, 1.165) is 18.4 Å². The van der Waals surface area contributed by atoms with E-state index in [4.69, 9.17) is 0 Å². The van der Waals surface area contributed by atoms with E-state index in [0.29, 0.717) is 13.1 Å². The van der Waals surface area contributed by atoms with Gasteiger partial charge in [0.2, 0.25) is 10.0 Å². The average Bonchev–Trinajstić information content (AvgIpc) is 2.23. The molecular weight excluding hydrogens is 212 g/mol. The van der Waals surface area contributed by atoms with Crippen LogP contribution in [0.15, 0.2) is 24.5 Å². The molecule has 0 atom stereocenters. The van der Waals surface area contributed by atoms with Crippen LogP contribution in [-0.2, 0) is 16.6 Å². The Morgan fingerprint density at radius 2 is 2.27 bits per heavy atom. The second kappa shape index (κ2) is 4.28. The molecule has 0 spiro atoms. The minimum Gasteiger partial charge on any atom is -0.264 e. The van der Waals surface area contributed by atoms with E-state index in [1.807, 2.05) is 12.1 Å². The molecule has 15 heavy (non-hydrogen) atoms. The highest BCUT2D eigenvalue weighted by Crippen LogP contribution is 2.16. The minimum atomic E-state index is -3.02. The predicted octanol–water partition coefficient (Wildman–Crippen LogP) is 1.01. The predicted molar refractivity (Wildman–Crippen MR) is 57.7 cm³/mol. The molecule has 0 N–H and O–H groups in total. The second-order valence-corrected chi connectivity index (χ2v) is 5.81. The first-order valence-electron chi connectivity index (χ1n) is 5.05. The zero-order valence-corrected chi connectivity index (χ0v) is 9.28. The highest BCUT2D eigenvalue weighted by molar-refractivity contribution is 7.89. The summed E-state index contributed by atoms with van der Waals surface area (Å²) < 4.78 is 24.9. The Morgan fingerprint density at radius 1 is 1.40 bits per heavy atom. The first-order chi connectivity index (χ1) is 7.18. The number of sulfonamides is 1. The fourth-order valence-electron chi connectivity index (χ4n) is 1.71. The summed E-state index contributed by atoms with van der Waals surface area (Å²) in [6, 6.07) is 3.73. The fourth-order valence-corrected chi connectivity index (χ4v) is 3.29. The van der Waals surface area contributed by atoms with Crippen molar-refractivity contribution in [2.75, 3.05) is 12.3 Å². The monoisotopic (exact) mass is 226 g/mol. The molecule has 1 aliphatic heterocycles. The van der Waals surface area contributed by atoms with E-state index in [-0.39, 0.29) is 5.75 Å². The summed E-state index contributed by atoms with van der Waals surface area (Å²) in [5.74, 6) is 0.285. The van der Waals surface area contributed by atoms with Crippen LogP contribution in [0.1, 0.15) is 18.4 Å². The van der Waals surface area contributed by atoms with Crippen LogP contribution in [0.3, 0.4) is 0 Å². The molecule has 0 unspecified atom stereocenters. The molecule has 1 saturated heterocycles. The van der Waals surface area contributed by atoms with Gasteiger partial charge in [-0.15, -0.1) is 0 Å². The molecule has 0 aliphatic carbocycles. The minimum absolute atomic E-state index is 0.285. The molecular formula is C10H14N2O2S. The number of hydrogen-bond acceptors (Lipinski definition) is 3. The summed E-state index contributed by atoms with van der Waals surface area (Å²) in [5.41, 5.74) is 0.947. The van der Waals surface area contributed by atoms with Crippen LogP contribution in [0.5, 0.6) is 0 Å². The molecule has 0 saturated carbocycles. The number of nitrogens with zero attached hydrogens (tertiary/aromatic N) is 2. The van der Waals surface area contributed by atoms with Gasteiger partial charge in [0.1, 0.15) is 0 Å². The van der Waals surface area contributed by atoms with Crippen molar-refractivity contribution in [3.63, 3.8) is 0 Å².